The highest BCUT2D eigenvalue weighted by Gasteiger charge is 2.57. The van der Waals surface area contributed by atoms with Crippen molar-refractivity contribution >= 4 is 23.4 Å². The zero-order chi connectivity index (χ0) is 19.4. The maximum absolute atomic E-state index is 15.1. The molecule has 3 aliphatic rings. The van der Waals surface area contributed by atoms with Gasteiger partial charge in [-0.3, -0.25) is 0 Å². The number of benzene rings is 2. The van der Waals surface area contributed by atoms with E-state index >= 15 is 4.39 Å². The van der Waals surface area contributed by atoms with E-state index < -0.39 is 22.2 Å². The first kappa shape index (κ1) is 18.7. The molecular formula is C21H19ClF2O3S. The van der Waals surface area contributed by atoms with E-state index in [4.69, 9.17) is 25.8 Å². The van der Waals surface area contributed by atoms with Crippen molar-refractivity contribution in [1.29, 1.82) is 0 Å². The summed E-state index contributed by atoms with van der Waals surface area (Å²) in [6, 6.07) is 9.77. The average Bonchev–Trinajstić information content (AvgIpc) is 3.15. The molecular weight excluding hydrogens is 406 g/mol. The van der Waals surface area contributed by atoms with Crippen LogP contribution in [0.25, 0.3) is 0 Å². The molecule has 2 aliphatic heterocycles. The Bertz CT molecular complexity index is 901. The summed E-state index contributed by atoms with van der Waals surface area (Å²) < 4.78 is 46.4. The lowest BCUT2D eigenvalue weighted by Crippen LogP contribution is -2.51. The van der Waals surface area contributed by atoms with Gasteiger partial charge in [-0.15, -0.1) is 11.8 Å². The van der Waals surface area contributed by atoms with Gasteiger partial charge in [0.25, 0.3) is 0 Å². The Morgan fingerprint density at radius 3 is 2.43 bits per heavy atom. The Labute approximate surface area is 171 Å². The van der Waals surface area contributed by atoms with Gasteiger partial charge in [-0.25, -0.2) is 8.78 Å². The van der Waals surface area contributed by atoms with Crippen LogP contribution in [0.4, 0.5) is 8.78 Å². The summed E-state index contributed by atoms with van der Waals surface area (Å²) in [5, 5.41) is 0.637. The Morgan fingerprint density at radius 1 is 0.964 bits per heavy atom. The second kappa shape index (κ2) is 6.87. The molecule has 7 heteroatoms. The van der Waals surface area contributed by atoms with E-state index in [1.165, 1.54) is 6.07 Å². The molecule has 28 heavy (non-hydrogen) atoms. The lowest BCUT2D eigenvalue weighted by Gasteiger charge is -2.51. The minimum absolute atomic E-state index is 0.0296. The van der Waals surface area contributed by atoms with Gasteiger partial charge < -0.3 is 14.2 Å². The van der Waals surface area contributed by atoms with E-state index in [0.29, 0.717) is 49.7 Å². The van der Waals surface area contributed by atoms with Gasteiger partial charge in [-0.1, -0.05) is 11.6 Å². The first-order valence-electron chi connectivity index (χ1n) is 9.35. The van der Waals surface area contributed by atoms with E-state index in [2.05, 4.69) is 0 Å². The van der Waals surface area contributed by atoms with Crippen molar-refractivity contribution < 1.29 is 23.0 Å². The van der Waals surface area contributed by atoms with Crippen molar-refractivity contribution in [2.75, 3.05) is 19.8 Å². The molecule has 0 unspecified atom stereocenters. The smallest absolute Gasteiger partial charge is 0.169 e. The minimum atomic E-state index is -0.659. The molecule has 1 spiro atoms. The first-order valence-corrected chi connectivity index (χ1v) is 10.5. The van der Waals surface area contributed by atoms with Gasteiger partial charge in [0.15, 0.2) is 17.4 Å². The van der Waals surface area contributed by atoms with Crippen LogP contribution in [-0.4, -0.2) is 25.6 Å². The SMILES string of the molecule is Fc1ccc(F)c2c1OC[C@H]1CC3(CC[C@@]21Sc1ccc(Cl)cc1)OCCO3. The molecule has 1 aliphatic carbocycles. The van der Waals surface area contributed by atoms with Crippen LogP contribution in [0.15, 0.2) is 41.3 Å². The predicted molar refractivity (Wildman–Crippen MR) is 103 cm³/mol. The molecule has 0 radical (unpaired) electrons. The molecule has 1 saturated carbocycles. The molecule has 2 atom stereocenters. The summed E-state index contributed by atoms with van der Waals surface area (Å²) in [4.78, 5) is 0.954. The molecule has 5 rings (SSSR count). The topological polar surface area (TPSA) is 27.7 Å². The summed E-state index contributed by atoms with van der Waals surface area (Å²) in [5.41, 5.74) is 0.316. The van der Waals surface area contributed by atoms with Crippen molar-refractivity contribution in [3.05, 3.63) is 58.6 Å². The van der Waals surface area contributed by atoms with Crippen molar-refractivity contribution in [3.63, 3.8) is 0 Å². The Hall–Kier alpha value is -1.34. The van der Waals surface area contributed by atoms with Crippen LogP contribution in [0.3, 0.4) is 0 Å². The van der Waals surface area contributed by atoms with Crippen molar-refractivity contribution in [1.82, 2.24) is 0 Å². The van der Waals surface area contributed by atoms with Crippen LogP contribution >= 0.6 is 23.4 Å². The van der Waals surface area contributed by atoms with E-state index in [0.717, 1.165) is 11.0 Å². The van der Waals surface area contributed by atoms with Crippen molar-refractivity contribution in [2.45, 2.75) is 34.7 Å². The Kier molecular flexibility index (Phi) is 4.58. The molecule has 2 aromatic carbocycles. The largest absolute Gasteiger partial charge is 0.490 e. The maximum Gasteiger partial charge on any atom is 0.169 e. The monoisotopic (exact) mass is 424 g/mol. The highest BCUT2D eigenvalue weighted by Crippen LogP contribution is 2.62. The minimum Gasteiger partial charge on any atom is -0.490 e. The van der Waals surface area contributed by atoms with Gasteiger partial charge in [0.1, 0.15) is 5.82 Å². The highest BCUT2D eigenvalue weighted by molar-refractivity contribution is 8.00. The average molecular weight is 425 g/mol. The molecule has 2 heterocycles. The molecule has 0 N–H and O–H groups in total. The quantitative estimate of drug-likeness (QED) is 0.632. The van der Waals surface area contributed by atoms with Crippen LogP contribution in [0.2, 0.25) is 5.02 Å². The summed E-state index contributed by atoms with van der Waals surface area (Å²) >= 11 is 7.58. The Morgan fingerprint density at radius 2 is 1.68 bits per heavy atom. The highest BCUT2D eigenvalue weighted by atomic mass is 35.5. The summed E-state index contributed by atoms with van der Waals surface area (Å²) in [6.45, 7) is 1.41. The number of halogens is 3. The Balaban J connectivity index is 1.62. The molecule has 0 aromatic heterocycles. The third-order valence-electron chi connectivity index (χ3n) is 5.93. The van der Waals surface area contributed by atoms with Gasteiger partial charge >= 0.3 is 0 Å². The second-order valence-corrected chi connectivity index (χ2v) is 9.34. The van der Waals surface area contributed by atoms with Crippen LogP contribution < -0.4 is 4.74 Å². The summed E-state index contributed by atoms with van der Waals surface area (Å²) in [7, 11) is 0. The van der Waals surface area contributed by atoms with E-state index in [-0.39, 0.29) is 11.7 Å². The molecule has 2 aromatic rings. The fraction of sp³-hybridized carbons (Fsp3) is 0.429. The normalized spacial score (nSPS) is 27.9. The van der Waals surface area contributed by atoms with E-state index in [9.17, 15) is 4.39 Å². The fourth-order valence-electron chi connectivity index (χ4n) is 4.66. The number of hydrogen-bond acceptors (Lipinski definition) is 4. The zero-order valence-electron chi connectivity index (χ0n) is 15.1. The lowest BCUT2D eigenvalue weighted by atomic mass is 9.70. The van der Waals surface area contributed by atoms with Gasteiger partial charge in [-0.2, -0.15) is 0 Å². The van der Waals surface area contributed by atoms with Gasteiger partial charge in [-0.05, 0) is 42.8 Å². The number of rotatable bonds is 2. The van der Waals surface area contributed by atoms with Gasteiger partial charge in [0.05, 0.1) is 24.6 Å². The molecule has 148 valence electrons. The van der Waals surface area contributed by atoms with Gasteiger partial charge in [0.2, 0.25) is 0 Å². The fourth-order valence-corrected chi connectivity index (χ4v) is 6.29. The summed E-state index contributed by atoms with van der Waals surface area (Å²) in [6.07, 6.45) is 1.81. The third kappa shape index (κ3) is 2.93. The zero-order valence-corrected chi connectivity index (χ0v) is 16.6. The first-order chi connectivity index (χ1) is 13.5. The number of ether oxygens (including phenoxy) is 3. The van der Waals surface area contributed by atoms with Crippen LogP contribution in [0.1, 0.15) is 24.8 Å². The second-order valence-electron chi connectivity index (χ2n) is 7.50. The predicted octanol–water partition coefficient (Wildman–Crippen LogP) is 5.54. The number of thioether (sulfide) groups is 1. The van der Waals surface area contributed by atoms with Crippen LogP contribution in [-0.2, 0) is 14.2 Å². The standard InChI is InChI=1S/C21H19ClF2O3S/c22-14-1-3-15(4-2-14)28-21-8-7-20(26-9-10-27-20)11-13(21)12-25-19-17(24)6-5-16(23)18(19)21/h1-6,13H,7-12H2/t13-,21+/m1/s1. The molecule has 0 bridgehead atoms. The number of fused-ring (bicyclic) bond motifs is 3. The molecule has 2 fully saturated rings. The van der Waals surface area contributed by atoms with Crippen molar-refractivity contribution in [3.8, 4) is 5.75 Å². The molecule has 1 saturated heterocycles. The van der Waals surface area contributed by atoms with Crippen LogP contribution in [0, 0.1) is 17.6 Å². The lowest BCUT2D eigenvalue weighted by molar-refractivity contribution is -0.196. The van der Waals surface area contributed by atoms with Crippen LogP contribution in [0.5, 0.6) is 5.75 Å². The molecule has 3 nitrogen and oxygen atoms in total. The molecule has 0 amide bonds. The van der Waals surface area contributed by atoms with E-state index in [1.54, 1.807) is 11.8 Å². The maximum atomic E-state index is 15.1. The van der Waals surface area contributed by atoms with E-state index in [1.807, 2.05) is 24.3 Å². The summed E-state index contributed by atoms with van der Waals surface area (Å²) in [5.74, 6) is -1.66. The number of hydrogen-bond donors (Lipinski definition) is 0. The third-order valence-corrected chi connectivity index (χ3v) is 7.80. The van der Waals surface area contributed by atoms with Gasteiger partial charge in [0, 0.05) is 34.2 Å². The van der Waals surface area contributed by atoms with Crippen molar-refractivity contribution in [2.24, 2.45) is 5.92 Å².